The molecule has 7 nitrogen and oxygen atoms in total. The van der Waals surface area contributed by atoms with E-state index in [0.29, 0.717) is 12.8 Å². The van der Waals surface area contributed by atoms with Crippen LogP contribution in [0.15, 0.2) is 24.3 Å². The third kappa shape index (κ3) is 23.6. The summed E-state index contributed by atoms with van der Waals surface area (Å²) in [7, 11) is -4.43. The summed E-state index contributed by atoms with van der Waals surface area (Å²) in [5.41, 5.74) is 0. The van der Waals surface area contributed by atoms with Gasteiger partial charge in [0.25, 0.3) is 10.1 Å². The normalized spacial score (nSPS) is 14.8. The van der Waals surface area contributed by atoms with E-state index in [1.54, 1.807) is 6.08 Å². The first kappa shape index (κ1) is 35.8. The molecule has 0 spiro atoms. The zero-order valence-electron chi connectivity index (χ0n) is 23.5. The zero-order chi connectivity index (χ0) is 27.8. The number of aliphatic hydroxyl groups excluding tert-OH is 2. The van der Waals surface area contributed by atoms with E-state index in [1.165, 1.54) is 63.9 Å². The lowest BCUT2D eigenvalue weighted by molar-refractivity contribution is -0.130. The molecular formula is C29H55NO6S. The molecule has 0 radical (unpaired) electrons. The molecule has 8 heteroatoms. The van der Waals surface area contributed by atoms with Gasteiger partial charge in [0, 0.05) is 0 Å². The Labute approximate surface area is 227 Å². The number of carbonyl (C=O) groups is 1. The molecule has 218 valence electrons. The third-order valence-corrected chi connectivity index (χ3v) is 7.25. The number of hydrogen-bond acceptors (Lipinski definition) is 5. The van der Waals surface area contributed by atoms with E-state index in [4.69, 9.17) is 0 Å². The first-order chi connectivity index (χ1) is 17.7. The van der Waals surface area contributed by atoms with Gasteiger partial charge in [-0.1, -0.05) is 128 Å². The fourth-order valence-corrected chi connectivity index (χ4v) is 4.92. The lowest BCUT2D eigenvalue weighted by Crippen LogP contribution is -2.50. The number of aliphatic hydroxyl groups is 2. The molecule has 0 aliphatic heterocycles. The van der Waals surface area contributed by atoms with Crippen LogP contribution >= 0.6 is 0 Å². The van der Waals surface area contributed by atoms with Crippen LogP contribution in [0.5, 0.6) is 0 Å². The minimum atomic E-state index is -4.43. The van der Waals surface area contributed by atoms with Crippen molar-refractivity contribution in [3.63, 3.8) is 0 Å². The van der Waals surface area contributed by atoms with Crippen molar-refractivity contribution in [2.45, 2.75) is 148 Å². The molecule has 0 aliphatic carbocycles. The van der Waals surface area contributed by atoms with Crippen molar-refractivity contribution in [1.29, 1.82) is 0 Å². The summed E-state index contributed by atoms with van der Waals surface area (Å²) in [6.45, 7) is 4.33. The van der Waals surface area contributed by atoms with Crippen molar-refractivity contribution in [2.75, 3.05) is 5.75 Å². The molecule has 3 unspecified atom stereocenters. The second kappa shape index (κ2) is 23.9. The Bertz CT molecular complexity index is 707. The standard InChI is InChI=1S/C29H55NO6S/c1-3-5-7-9-11-12-13-14-15-16-18-20-22-24-28(32)29(33)30-26(25-37(34,35)36)27(31)23-21-19-17-10-8-6-4-2/h8,10,21,23,26-28,31-32H,3-7,9,11-20,22,24-25H2,1-2H3,(H,30,33)(H,34,35,36)/b10-8+,23-21+. The number of nitrogens with one attached hydrogen (secondary N) is 1. The summed E-state index contributed by atoms with van der Waals surface area (Å²) >= 11 is 0. The number of unbranched alkanes of at least 4 members (excludes halogenated alkanes) is 14. The summed E-state index contributed by atoms with van der Waals surface area (Å²) in [5, 5.41) is 23.0. The maximum atomic E-state index is 12.4. The Balaban J connectivity index is 4.21. The zero-order valence-corrected chi connectivity index (χ0v) is 24.3. The van der Waals surface area contributed by atoms with E-state index < -0.39 is 40.0 Å². The number of allylic oxidation sites excluding steroid dienone is 3. The molecule has 37 heavy (non-hydrogen) atoms. The van der Waals surface area contributed by atoms with Crippen LogP contribution in [0.1, 0.15) is 129 Å². The van der Waals surface area contributed by atoms with Crippen LogP contribution in [0.3, 0.4) is 0 Å². The Morgan fingerprint density at radius 3 is 1.73 bits per heavy atom. The van der Waals surface area contributed by atoms with Crippen molar-refractivity contribution in [3.05, 3.63) is 24.3 Å². The summed E-state index contributed by atoms with van der Waals surface area (Å²) in [4.78, 5) is 12.4. The molecule has 0 fully saturated rings. The van der Waals surface area contributed by atoms with Crippen molar-refractivity contribution in [3.8, 4) is 0 Å². The van der Waals surface area contributed by atoms with Gasteiger partial charge in [-0.3, -0.25) is 9.35 Å². The second-order valence-corrected chi connectivity index (χ2v) is 11.7. The minimum Gasteiger partial charge on any atom is -0.387 e. The van der Waals surface area contributed by atoms with Gasteiger partial charge < -0.3 is 15.5 Å². The van der Waals surface area contributed by atoms with E-state index in [9.17, 15) is 28.0 Å². The van der Waals surface area contributed by atoms with Crippen molar-refractivity contribution in [1.82, 2.24) is 5.32 Å². The smallest absolute Gasteiger partial charge is 0.267 e. The van der Waals surface area contributed by atoms with Crippen LogP contribution in [0.2, 0.25) is 0 Å². The Kier molecular flexibility index (Phi) is 23.1. The van der Waals surface area contributed by atoms with Gasteiger partial charge in [0.05, 0.1) is 17.9 Å². The SMILES string of the molecule is CCC/C=C/CC/C=C/C(O)C(CS(=O)(=O)O)NC(=O)C(O)CCCCCCCCCCCCCCC. The van der Waals surface area contributed by atoms with Gasteiger partial charge in [-0.2, -0.15) is 8.42 Å². The summed E-state index contributed by atoms with van der Waals surface area (Å²) in [6.07, 6.45) is 24.1. The first-order valence-electron chi connectivity index (χ1n) is 14.6. The highest BCUT2D eigenvalue weighted by Crippen LogP contribution is 2.14. The Morgan fingerprint density at radius 1 is 0.730 bits per heavy atom. The summed E-state index contributed by atoms with van der Waals surface area (Å²) in [5.74, 6) is -1.56. The number of carbonyl (C=O) groups excluding carboxylic acids is 1. The Morgan fingerprint density at radius 2 is 1.22 bits per heavy atom. The highest BCUT2D eigenvalue weighted by Gasteiger charge is 2.27. The molecule has 0 aliphatic rings. The molecule has 0 aromatic carbocycles. The molecule has 0 bridgehead atoms. The van der Waals surface area contributed by atoms with Gasteiger partial charge in [0.15, 0.2) is 0 Å². The lowest BCUT2D eigenvalue weighted by Gasteiger charge is -2.22. The van der Waals surface area contributed by atoms with E-state index in [-0.39, 0.29) is 6.42 Å². The van der Waals surface area contributed by atoms with E-state index in [0.717, 1.165) is 38.5 Å². The van der Waals surface area contributed by atoms with Gasteiger partial charge in [0.1, 0.15) is 6.10 Å². The maximum Gasteiger partial charge on any atom is 0.267 e. The highest BCUT2D eigenvalue weighted by atomic mass is 32.2. The molecule has 0 aromatic heterocycles. The molecule has 0 saturated carbocycles. The van der Waals surface area contributed by atoms with Crippen LogP contribution in [0.4, 0.5) is 0 Å². The van der Waals surface area contributed by atoms with Gasteiger partial charge in [-0.15, -0.1) is 0 Å². The topological polar surface area (TPSA) is 124 Å². The monoisotopic (exact) mass is 545 g/mol. The van der Waals surface area contributed by atoms with Crippen LogP contribution < -0.4 is 5.32 Å². The fraction of sp³-hybridized carbons (Fsp3) is 0.828. The molecule has 3 atom stereocenters. The van der Waals surface area contributed by atoms with Crippen molar-refractivity contribution < 1.29 is 28.0 Å². The Hall–Kier alpha value is -1.22. The van der Waals surface area contributed by atoms with Crippen molar-refractivity contribution in [2.24, 2.45) is 0 Å². The average Bonchev–Trinajstić information content (AvgIpc) is 2.84. The number of amides is 1. The van der Waals surface area contributed by atoms with Crippen LogP contribution in [0.25, 0.3) is 0 Å². The van der Waals surface area contributed by atoms with Crippen LogP contribution in [-0.4, -0.2) is 53.1 Å². The van der Waals surface area contributed by atoms with Crippen LogP contribution in [-0.2, 0) is 14.9 Å². The molecule has 0 rings (SSSR count). The second-order valence-electron chi connectivity index (χ2n) is 10.2. The maximum absolute atomic E-state index is 12.4. The lowest BCUT2D eigenvalue weighted by atomic mass is 10.0. The molecule has 1 amide bonds. The van der Waals surface area contributed by atoms with Gasteiger partial charge in [-0.25, -0.2) is 0 Å². The van der Waals surface area contributed by atoms with Gasteiger partial charge in [0.2, 0.25) is 5.91 Å². The molecular weight excluding hydrogens is 490 g/mol. The summed E-state index contributed by atoms with van der Waals surface area (Å²) in [6, 6.07) is -1.24. The highest BCUT2D eigenvalue weighted by molar-refractivity contribution is 7.85. The molecule has 4 N–H and O–H groups in total. The van der Waals surface area contributed by atoms with Crippen molar-refractivity contribution >= 4 is 16.0 Å². The predicted octanol–water partition coefficient (Wildman–Crippen LogP) is 6.25. The predicted molar refractivity (Wildman–Crippen MR) is 153 cm³/mol. The van der Waals surface area contributed by atoms with Gasteiger partial charge in [-0.05, 0) is 25.7 Å². The quantitative estimate of drug-likeness (QED) is 0.0610. The van der Waals surface area contributed by atoms with E-state index in [2.05, 4.69) is 25.2 Å². The number of hydrogen-bond donors (Lipinski definition) is 4. The summed E-state index contributed by atoms with van der Waals surface area (Å²) < 4.78 is 32.0. The fourth-order valence-electron chi connectivity index (χ4n) is 4.18. The van der Waals surface area contributed by atoms with E-state index in [1.807, 2.05) is 6.08 Å². The largest absolute Gasteiger partial charge is 0.387 e. The molecule has 0 saturated heterocycles. The molecule has 0 heterocycles. The van der Waals surface area contributed by atoms with E-state index >= 15 is 0 Å². The number of rotatable bonds is 25. The minimum absolute atomic E-state index is 0.276. The first-order valence-corrected chi connectivity index (χ1v) is 16.3. The van der Waals surface area contributed by atoms with Gasteiger partial charge >= 0.3 is 0 Å². The molecule has 0 aromatic rings. The third-order valence-electron chi connectivity index (χ3n) is 6.47. The average molecular weight is 546 g/mol. The van der Waals surface area contributed by atoms with Crippen LogP contribution in [0, 0.1) is 0 Å².